The van der Waals surface area contributed by atoms with E-state index in [4.69, 9.17) is 9.84 Å². The molecule has 0 saturated heterocycles. The molecular weight excluding hydrogens is 457 g/mol. The standard InChI is InChI=1S/C27H31F3N2O3/c1-27(2,30)16-32-12-11-19-18-8-5-6-9-22(18)31-25(19)26(32)24-20(28)14-17(15-21(24)29)35-13-7-3-4-10-23(33)34/h5-6,8-9,14-15,26,31H,3-4,7,10-13,16H2,1-2H3,(H,33,34). The van der Waals surface area contributed by atoms with E-state index in [1.165, 1.54) is 26.0 Å². The van der Waals surface area contributed by atoms with Gasteiger partial charge in [-0.05, 0) is 51.2 Å². The maximum atomic E-state index is 15.5. The fourth-order valence-electron chi connectivity index (χ4n) is 4.92. The molecule has 0 saturated carbocycles. The zero-order valence-corrected chi connectivity index (χ0v) is 20.0. The second-order valence-corrected chi connectivity index (χ2v) is 9.76. The summed E-state index contributed by atoms with van der Waals surface area (Å²) in [4.78, 5) is 15.7. The van der Waals surface area contributed by atoms with Crippen molar-refractivity contribution in [3.63, 3.8) is 0 Å². The highest BCUT2D eigenvalue weighted by Crippen LogP contribution is 2.41. The number of carbonyl (C=O) groups is 1. The van der Waals surface area contributed by atoms with Crippen LogP contribution in [0.5, 0.6) is 5.75 Å². The molecule has 1 atom stereocenters. The number of unbranched alkanes of at least 4 members (excludes halogenated alkanes) is 2. The lowest BCUT2D eigenvalue weighted by Crippen LogP contribution is -2.43. The van der Waals surface area contributed by atoms with Crippen molar-refractivity contribution in [1.82, 2.24) is 9.88 Å². The molecule has 0 amide bonds. The van der Waals surface area contributed by atoms with Crippen molar-refractivity contribution >= 4 is 16.9 Å². The van der Waals surface area contributed by atoms with E-state index >= 15 is 8.78 Å². The molecule has 2 aromatic carbocycles. The third kappa shape index (κ3) is 5.81. The van der Waals surface area contributed by atoms with Gasteiger partial charge >= 0.3 is 5.97 Å². The number of rotatable bonds is 10. The number of para-hydroxylation sites is 1. The van der Waals surface area contributed by atoms with Crippen LogP contribution in [0.3, 0.4) is 0 Å². The number of hydrogen-bond acceptors (Lipinski definition) is 3. The van der Waals surface area contributed by atoms with Crippen LogP contribution in [0.25, 0.3) is 10.9 Å². The Hall–Kier alpha value is -3.00. The Kier molecular flexibility index (Phi) is 7.40. The van der Waals surface area contributed by atoms with Crippen LogP contribution in [0, 0.1) is 11.6 Å². The Labute approximate surface area is 202 Å². The Morgan fingerprint density at radius 3 is 2.57 bits per heavy atom. The summed E-state index contributed by atoms with van der Waals surface area (Å²) in [5, 5.41) is 9.69. The molecule has 1 aromatic heterocycles. The number of aromatic nitrogens is 1. The highest BCUT2D eigenvalue weighted by Gasteiger charge is 2.37. The van der Waals surface area contributed by atoms with Gasteiger partial charge in [0, 0.05) is 53.8 Å². The number of aliphatic carboxylic acids is 1. The summed E-state index contributed by atoms with van der Waals surface area (Å²) in [6, 6.07) is 9.28. The minimum atomic E-state index is -1.54. The van der Waals surface area contributed by atoms with Gasteiger partial charge in [-0.25, -0.2) is 13.2 Å². The summed E-state index contributed by atoms with van der Waals surface area (Å²) in [6.07, 6.45) is 2.49. The molecule has 0 fully saturated rings. The van der Waals surface area contributed by atoms with Gasteiger partial charge in [-0.15, -0.1) is 0 Å². The third-order valence-corrected chi connectivity index (χ3v) is 6.34. The van der Waals surface area contributed by atoms with Gasteiger partial charge in [-0.2, -0.15) is 0 Å². The maximum absolute atomic E-state index is 15.5. The highest BCUT2D eigenvalue weighted by molar-refractivity contribution is 5.85. The normalized spacial score (nSPS) is 16.4. The number of nitrogens with one attached hydrogen (secondary N) is 1. The number of H-pyrrole nitrogens is 1. The smallest absolute Gasteiger partial charge is 0.303 e. The lowest BCUT2D eigenvalue weighted by molar-refractivity contribution is -0.137. The lowest BCUT2D eigenvalue weighted by Gasteiger charge is -2.38. The van der Waals surface area contributed by atoms with E-state index in [1.807, 2.05) is 24.3 Å². The number of hydrogen-bond donors (Lipinski definition) is 2. The molecule has 1 unspecified atom stereocenters. The van der Waals surface area contributed by atoms with Crippen molar-refractivity contribution < 1.29 is 27.8 Å². The van der Waals surface area contributed by atoms with Crippen LogP contribution < -0.4 is 4.74 Å². The quantitative estimate of drug-likeness (QED) is 0.335. The molecule has 2 heterocycles. The summed E-state index contributed by atoms with van der Waals surface area (Å²) >= 11 is 0. The topological polar surface area (TPSA) is 65.6 Å². The Bertz CT molecular complexity index is 1180. The number of alkyl halides is 1. The van der Waals surface area contributed by atoms with Gasteiger partial charge in [0.1, 0.15) is 23.1 Å². The molecular formula is C27H31F3N2O3. The van der Waals surface area contributed by atoms with E-state index in [0.29, 0.717) is 37.9 Å². The van der Waals surface area contributed by atoms with Crippen molar-refractivity contribution in [2.45, 2.75) is 57.7 Å². The third-order valence-electron chi connectivity index (χ3n) is 6.34. The predicted octanol–water partition coefficient (Wildman–Crippen LogP) is 6.17. The number of aromatic amines is 1. The van der Waals surface area contributed by atoms with Crippen molar-refractivity contribution in [1.29, 1.82) is 0 Å². The van der Waals surface area contributed by atoms with E-state index in [-0.39, 0.29) is 30.9 Å². The lowest BCUT2D eigenvalue weighted by atomic mass is 9.90. The van der Waals surface area contributed by atoms with Gasteiger partial charge in [-0.1, -0.05) is 18.2 Å². The van der Waals surface area contributed by atoms with Gasteiger partial charge < -0.3 is 14.8 Å². The molecule has 188 valence electrons. The summed E-state index contributed by atoms with van der Waals surface area (Å²) < 4.78 is 51.1. The summed E-state index contributed by atoms with van der Waals surface area (Å²) in [5.74, 6) is -2.27. The Morgan fingerprint density at radius 1 is 1.17 bits per heavy atom. The van der Waals surface area contributed by atoms with Crippen molar-refractivity contribution in [3.05, 3.63) is 64.9 Å². The first-order valence-corrected chi connectivity index (χ1v) is 12.0. The van der Waals surface area contributed by atoms with E-state index < -0.39 is 29.3 Å². The van der Waals surface area contributed by atoms with E-state index in [9.17, 15) is 9.18 Å². The first-order chi connectivity index (χ1) is 16.6. The molecule has 0 radical (unpaired) electrons. The summed E-state index contributed by atoms with van der Waals surface area (Å²) in [6.45, 7) is 3.66. The first-order valence-electron chi connectivity index (χ1n) is 12.0. The number of benzene rings is 2. The van der Waals surface area contributed by atoms with Crippen LogP contribution in [-0.2, 0) is 11.2 Å². The fraction of sp³-hybridized carbons (Fsp3) is 0.444. The molecule has 1 aliphatic rings. The SMILES string of the molecule is CC(C)(F)CN1CCc2c([nH]c3ccccc23)C1c1c(F)cc(OCCCCCC(=O)O)cc1F. The molecule has 0 aliphatic carbocycles. The molecule has 1 aliphatic heterocycles. The van der Waals surface area contributed by atoms with Crippen LogP contribution in [-0.4, -0.2) is 46.3 Å². The largest absolute Gasteiger partial charge is 0.493 e. The van der Waals surface area contributed by atoms with Crippen molar-refractivity contribution in [3.8, 4) is 5.75 Å². The Balaban J connectivity index is 1.62. The number of halogens is 3. The molecule has 35 heavy (non-hydrogen) atoms. The summed E-state index contributed by atoms with van der Waals surface area (Å²) in [7, 11) is 0. The van der Waals surface area contributed by atoms with Crippen LogP contribution in [0.1, 0.15) is 62.4 Å². The molecule has 2 N–H and O–H groups in total. The van der Waals surface area contributed by atoms with Gasteiger partial charge in [0.05, 0.1) is 12.6 Å². The fourth-order valence-corrected chi connectivity index (χ4v) is 4.92. The van der Waals surface area contributed by atoms with Gasteiger partial charge in [0.15, 0.2) is 0 Å². The molecule has 0 bridgehead atoms. The molecule has 8 heteroatoms. The number of ether oxygens (including phenoxy) is 1. The van der Waals surface area contributed by atoms with Crippen LogP contribution >= 0.6 is 0 Å². The van der Waals surface area contributed by atoms with E-state index in [2.05, 4.69) is 4.98 Å². The van der Waals surface area contributed by atoms with Gasteiger partial charge in [-0.3, -0.25) is 9.69 Å². The van der Waals surface area contributed by atoms with E-state index in [1.54, 1.807) is 4.90 Å². The number of nitrogens with zero attached hydrogens (tertiary/aromatic N) is 1. The molecule has 3 aromatic rings. The molecule has 0 spiro atoms. The second kappa shape index (κ2) is 10.3. The van der Waals surface area contributed by atoms with Crippen LogP contribution in [0.2, 0.25) is 0 Å². The zero-order valence-electron chi connectivity index (χ0n) is 20.0. The van der Waals surface area contributed by atoms with Crippen molar-refractivity contribution in [2.75, 3.05) is 19.7 Å². The molecule has 4 rings (SSSR count). The highest BCUT2D eigenvalue weighted by atomic mass is 19.1. The monoisotopic (exact) mass is 488 g/mol. The molecule has 5 nitrogen and oxygen atoms in total. The predicted molar refractivity (Wildman–Crippen MR) is 129 cm³/mol. The Morgan fingerprint density at radius 2 is 1.89 bits per heavy atom. The van der Waals surface area contributed by atoms with Gasteiger partial charge in [0.2, 0.25) is 0 Å². The second-order valence-electron chi connectivity index (χ2n) is 9.76. The van der Waals surface area contributed by atoms with E-state index in [0.717, 1.165) is 16.5 Å². The average molecular weight is 489 g/mol. The maximum Gasteiger partial charge on any atom is 0.303 e. The zero-order chi connectivity index (χ0) is 25.2. The van der Waals surface area contributed by atoms with Gasteiger partial charge in [0.25, 0.3) is 0 Å². The van der Waals surface area contributed by atoms with Crippen LogP contribution in [0.4, 0.5) is 13.2 Å². The number of carboxylic acids is 1. The minimum absolute atomic E-state index is 0.0277. The minimum Gasteiger partial charge on any atom is -0.493 e. The van der Waals surface area contributed by atoms with Crippen molar-refractivity contribution in [2.24, 2.45) is 0 Å². The summed E-state index contributed by atoms with van der Waals surface area (Å²) in [5.41, 5.74) is 0.895. The first kappa shape index (κ1) is 25.1. The average Bonchev–Trinajstić information content (AvgIpc) is 3.14. The number of fused-ring (bicyclic) bond motifs is 3. The van der Waals surface area contributed by atoms with Crippen LogP contribution in [0.15, 0.2) is 36.4 Å². The number of carboxylic acid groups (broad SMARTS) is 1.